The van der Waals surface area contributed by atoms with Crippen molar-refractivity contribution in [3.63, 3.8) is 0 Å². The first kappa shape index (κ1) is 25.2. The van der Waals surface area contributed by atoms with Crippen LogP contribution in [0.3, 0.4) is 0 Å². The molecular formula is C28H35FN2O4. The lowest BCUT2D eigenvalue weighted by molar-refractivity contribution is -0.139. The molecule has 4 rings (SSSR count). The van der Waals surface area contributed by atoms with E-state index in [1.54, 1.807) is 0 Å². The van der Waals surface area contributed by atoms with Gasteiger partial charge in [0.15, 0.2) is 6.61 Å². The topological polar surface area (TPSA) is 78.9 Å². The van der Waals surface area contributed by atoms with Crippen LogP contribution in [-0.4, -0.2) is 48.1 Å². The molecule has 1 spiro atoms. The molecule has 0 radical (unpaired) electrons. The van der Waals surface area contributed by atoms with E-state index in [9.17, 15) is 14.0 Å². The highest BCUT2D eigenvalue weighted by atomic mass is 19.1. The Balaban J connectivity index is 1.52. The first-order valence-corrected chi connectivity index (χ1v) is 12.3. The van der Waals surface area contributed by atoms with Crippen molar-refractivity contribution in [2.45, 2.75) is 57.9 Å². The number of hydrogen-bond donors (Lipinski definition) is 2. The number of carboxylic acid groups (broad SMARTS) is 1. The molecule has 0 bridgehead atoms. The van der Waals surface area contributed by atoms with E-state index in [1.165, 1.54) is 17.7 Å². The Bertz CT molecular complexity index is 1070. The SMILES string of the molecule is CC(C)(C)c1ccc(OCC(=O)O)c(CN2CCC3(CC2)CC(=O)NC[C@H]3c2ccc(F)cc2)c1. The van der Waals surface area contributed by atoms with Gasteiger partial charge in [0.2, 0.25) is 5.91 Å². The lowest BCUT2D eigenvalue weighted by Crippen LogP contribution is -2.51. The summed E-state index contributed by atoms with van der Waals surface area (Å²) in [6.45, 7) is 8.95. The quantitative estimate of drug-likeness (QED) is 0.635. The van der Waals surface area contributed by atoms with Gasteiger partial charge in [-0.25, -0.2) is 9.18 Å². The number of amides is 1. The van der Waals surface area contributed by atoms with Crippen molar-refractivity contribution >= 4 is 11.9 Å². The van der Waals surface area contributed by atoms with Gasteiger partial charge in [-0.3, -0.25) is 9.69 Å². The van der Waals surface area contributed by atoms with E-state index in [2.05, 4.69) is 37.1 Å². The third-order valence-electron chi connectivity index (χ3n) is 7.55. The number of carboxylic acids is 1. The van der Waals surface area contributed by atoms with Crippen LogP contribution in [0.4, 0.5) is 4.39 Å². The zero-order chi connectivity index (χ0) is 25.2. The molecule has 2 aromatic rings. The molecule has 0 unspecified atom stereocenters. The lowest BCUT2D eigenvalue weighted by atomic mass is 9.62. The summed E-state index contributed by atoms with van der Waals surface area (Å²) in [7, 11) is 0. The number of nitrogens with zero attached hydrogens (tertiary/aromatic N) is 1. The Hall–Kier alpha value is -2.93. The summed E-state index contributed by atoms with van der Waals surface area (Å²) in [4.78, 5) is 25.8. The van der Waals surface area contributed by atoms with Gasteiger partial charge in [0.05, 0.1) is 0 Å². The number of aliphatic carboxylic acids is 1. The molecule has 0 saturated carbocycles. The zero-order valence-electron chi connectivity index (χ0n) is 20.8. The highest BCUT2D eigenvalue weighted by Gasteiger charge is 2.46. The second-order valence-corrected chi connectivity index (χ2v) is 11.0. The maximum atomic E-state index is 13.5. The van der Waals surface area contributed by atoms with Crippen molar-refractivity contribution in [1.29, 1.82) is 0 Å². The average molecular weight is 483 g/mol. The van der Waals surface area contributed by atoms with Gasteiger partial charge in [-0.15, -0.1) is 0 Å². The van der Waals surface area contributed by atoms with E-state index in [4.69, 9.17) is 9.84 Å². The Morgan fingerprint density at radius 1 is 1.17 bits per heavy atom. The van der Waals surface area contributed by atoms with Crippen molar-refractivity contribution in [1.82, 2.24) is 10.2 Å². The minimum absolute atomic E-state index is 0.0378. The number of benzene rings is 2. The van der Waals surface area contributed by atoms with E-state index in [0.29, 0.717) is 25.3 Å². The van der Waals surface area contributed by atoms with E-state index in [1.807, 2.05) is 24.3 Å². The highest BCUT2D eigenvalue weighted by Crippen LogP contribution is 2.49. The van der Waals surface area contributed by atoms with Crippen LogP contribution in [0.5, 0.6) is 5.75 Å². The maximum absolute atomic E-state index is 13.5. The third kappa shape index (κ3) is 5.84. The average Bonchev–Trinajstić information content (AvgIpc) is 2.80. The molecule has 2 aromatic carbocycles. The van der Waals surface area contributed by atoms with Crippen LogP contribution < -0.4 is 10.1 Å². The molecule has 0 aliphatic carbocycles. The minimum atomic E-state index is -1.00. The number of hydrogen-bond acceptors (Lipinski definition) is 4. The van der Waals surface area contributed by atoms with Crippen molar-refractivity contribution in [3.05, 3.63) is 65.0 Å². The second-order valence-electron chi connectivity index (χ2n) is 11.0. The molecule has 1 amide bonds. The maximum Gasteiger partial charge on any atom is 0.341 e. The summed E-state index contributed by atoms with van der Waals surface area (Å²) in [5, 5.41) is 12.1. The van der Waals surface area contributed by atoms with Crippen LogP contribution in [0, 0.1) is 11.2 Å². The standard InChI is InChI=1S/C28H35FN2O4/c1-27(2,3)21-6-9-24(35-18-26(33)34)20(14-21)17-31-12-10-28(11-13-31)15-25(32)30-16-23(28)19-4-7-22(29)8-5-19/h4-9,14,23H,10-13,15-18H2,1-3H3,(H,30,32)(H,33,34)/t23-/m0/s1. The Morgan fingerprint density at radius 3 is 2.49 bits per heavy atom. The summed E-state index contributed by atoms with van der Waals surface area (Å²) in [5.41, 5.74) is 3.04. The third-order valence-corrected chi connectivity index (χ3v) is 7.55. The van der Waals surface area contributed by atoms with Crippen molar-refractivity contribution < 1.29 is 23.8 Å². The van der Waals surface area contributed by atoms with Gasteiger partial charge >= 0.3 is 5.97 Å². The summed E-state index contributed by atoms with van der Waals surface area (Å²) in [5.74, 6) is -0.420. The molecule has 7 heteroatoms. The minimum Gasteiger partial charge on any atom is -0.482 e. The number of nitrogens with one attached hydrogen (secondary N) is 1. The predicted octanol–water partition coefficient (Wildman–Crippen LogP) is 4.47. The van der Waals surface area contributed by atoms with Gasteiger partial charge in [-0.05, 0) is 66.1 Å². The molecule has 2 aliphatic rings. The zero-order valence-corrected chi connectivity index (χ0v) is 20.8. The van der Waals surface area contributed by atoms with Crippen molar-refractivity contribution in [3.8, 4) is 5.75 Å². The lowest BCUT2D eigenvalue weighted by Gasteiger charge is -2.49. The summed E-state index contributed by atoms with van der Waals surface area (Å²) >= 11 is 0. The largest absolute Gasteiger partial charge is 0.482 e. The second kappa shape index (κ2) is 9.97. The van der Waals surface area contributed by atoms with E-state index in [-0.39, 0.29) is 35.1 Å². The number of rotatable bonds is 6. The first-order valence-electron chi connectivity index (χ1n) is 12.3. The number of carbonyl (C=O) groups excluding carboxylic acids is 1. The summed E-state index contributed by atoms with van der Waals surface area (Å²) in [6, 6.07) is 12.7. The van der Waals surface area contributed by atoms with Gasteiger partial charge in [0.25, 0.3) is 0 Å². The predicted molar refractivity (Wildman–Crippen MR) is 132 cm³/mol. The van der Waals surface area contributed by atoms with Crippen LogP contribution in [0.1, 0.15) is 62.6 Å². The number of piperidine rings is 2. The van der Waals surface area contributed by atoms with Gasteiger partial charge < -0.3 is 15.2 Å². The van der Waals surface area contributed by atoms with Crippen LogP contribution in [0.15, 0.2) is 42.5 Å². The molecule has 1 atom stereocenters. The normalized spacial score (nSPS) is 20.5. The molecule has 2 N–H and O–H groups in total. The monoisotopic (exact) mass is 482 g/mol. The Labute approximate surface area is 206 Å². The Kier molecular flexibility index (Phi) is 7.17. The van der Waals surface area contributed by atoms with Gasteiger partial charge in [0.1, 0.15) is 11.6 Å². The summed E-state index contributed by atoms with van der Waals surface area (Å²) < 4.78 is 19.1. The van der Waals surface area contributed by atoms with Gasteiger partial charge in [-0.2, -0.15) is 0 Å². The molecule has 6 nitrogen and oxygen atoms in total. The van der Waals surface area contributed by atoms with Crippen molar-refractivity contribution in [2.75, 3.05) is 26.2 Å². The molecule has 2 fully saturated rings. The van der Waals surface area contributed by atoms with Crippen LogP contribution in [-0.2, 0) is 21.5 Å². The van der Waals surface area contributed by atoms with E-state index >= 15 is 0 Å². The molecule has 0 aromatic heterocycles. The van der Waals surface area contributed by atoms with Crippen molar-refractivity contribution in [2.24, 2.45) is 5.41 Å². The Morgan fingerprint density at radius 2 is 1.86 bits per heavy atom. The number of ether oxygens (including phenoxy) is 1. The van der Waals surface area contributed by atoms with Gasteiger partial charge in [-0.1, -0.05) is 45.0 Å². The fraction of sp³-hybridized carbons (Fsp3) is 0.500. The molecule has 188 valence electrons. The highest BCUT2D eigenvalue weighted by molar-refractivity contribution is 5.78. The number of carbonyl (C=O) groups is 2. The molecular weight excluding hydrogens is 447 g/mol. The van der Waals surface area contributed by atoms with E-state index in [0.717, 1.165) is 37.1 Å². The van der Waals surface area contributed by atoms with Crippen LogP contribution in [0.25, 0.3) is 0 Å². The fourth-order valence-electron chi connectivity index (χ4n) is 5.48. The van der Waals surface area contributed by atoms with Crippen LogP contribution in [0.2, 0.25) is 0 Å². The smallest absolute Gasteiger partial charge is 0.341 e. The molecule has 35 heavy (non-hydrogen) atoms. The van der Waals surface area contributed by atoms with E-state index < -0.39 is 5.97 Å². The van der Waals surface area contributed by atoms with Gasteiger partial charge in [0, 0.05) is 31.0 Å². The number of likely N-dealkylation sites (tertiary alicyclic amines) is 1. The molecule has 2 heterocycles. The van der Waals surface area contributed by atoms with Crippen LogP contribution >= 0.6 is 0 Å². The summed E-state index contributed by atoms with van der Waals surface area (Å²) in [6.07, 6.45) is 2.22. The molecule has 2 aliphatic heterocycles. The number of halogens is 1. The fourth-order valence-corrected chi connectivity index (χ4v) is 5.48. The molecule has 2 saturated heterocycles. The first-order chi connectivity index (χ1) is 16.6.